The molecule has 1 unspecified atom stereocenters. The molecule has 0 saturated heterocycles. The largest absolute Gasteiger partial charge is 0.460 e. The average Bonchev–Trinajstić information content (AvgIpc) is 2.75. The molecule has 27 heteroatoms. The Hall–Kier alpha value is -1.83. The maximum absolute atomic E-state index is 13.9. The molecule has 0 heterocycles. The Bertz CT molecular complexity index is 1050. The lowest BCUT2D eigenvalue weighted by Crippen LogP contribution is -2.78. The molecule has 0 bridgehead atoms. The first-order valence-corrected chi connectivity index (χ1v) is 10.6. The van der Waals surface area contributed by atoms with Gasteiger partial charge in [0.05, 0.1) is 21.1 Å². The van der Waals surface area contributed by atoms with Crippen molar-refractivity contribution in [3.63, 3.8) is 0 Å². The van der Waals surface area contributed by atoms with Crippen LogP contribution in [-0.4, -0.2) is 115 Å². The highest BCUT2D eigenvalue weighted by molar-refractivity contribution is 5.19. The summed E-state index contributed by atoms with van der Waals surface area (Å²) in [5, 5.41) is 9.32. The van der Waals surface area contributed by atoms with Gasteiger partial charge in [-0.25, -0.2) is 0 Å². The highest BCUT2D eigenvalue weighted by Crippen LogP contribution is 2.67. The van der Waals surface area contributed by atoms with Crippen LogP contribution < -0.4 is 0 Å². The molecule has 0 aliphatic rings. The summed E-state index contributed by atoms with van der Waals surface area (Å²) in [5.74, 6) is -98.7. The molecule has 0 aromatic heterocycles. The maximum atomic E-state index is 13.9. The Kier molecular flexibility index (Phi) is 10.4. The number of hydrogen-bond acceptors (Lipinski definition) is 1. The second-order valence-electron chi connectivity index (χ2n) is 10.3. The highest BCUT2D eigenvalue weighted by atomic mass is 19.4. The van der Waals surface area contributed by atoms with E-state index in [1.165, 1.54) is 0 Å². The van der Waals surface area contributed by atoms with E-state index in [1.54, 1.807) is 0 Å². The van der Waals surface area contributed by atoms with Crippen molar-refractivity contribution in [1.82, 2.24) is 0 Å². The van der Waals surface area contributed by atoms with Gasteiger partial charge in [0.1, 0.15) is 12.6 Å². The van der Waals surface area contributed by atoms with Crippen LogP contribution in [0.15, 0.2) is 0 Å². The molecule has 0 aromatic carbocycles. The fourth-order valence-corrected chi connectivity index (χ4v) is 3.11. The molecular formula is C18H15F25NO+. The Morgan fingerprint density at radius 1 is 0.378 bits per heavy atom. The zero-order valence-electron chi connectivity index (χ0n) is 21.3. The van der Waals surface area contributed by atoms with Crippen LogP contribution in [0, 0.1) is 0 Å². The number of nitrogens with zero attached hydrogens (tertiary/aromatic N) is 1. The summed E-state index contributed by atoms with van der Waals surface area (Å²) in [4.78, 5) is 0. The zero-order chi connectivity index (χ0) is 37.5. The predicted octanol–water partition coefficient (Wildman–Crippen LogP) is 7.99. The molecule has 1 atom stereocenters. The fourth-order valence-electron chi connectivity index (χ4n) is 3.11. The van der Waals surface area contributed by atoms with Crippen molar-refractivity contribution < 1.29 is 119 Å². The standard InChI is InChI=1S/C18H15F25NO/c1-44(2,3)5-6(45)4-7(19,20)8(21,22)9(23,24)10(25,26)11(27,28)12(29,30)13(31,32)14(33,34)15(35,36)16(37,38)17(39,40)18(41,42)43/h6,45H,4-5H2,1-3H3/q+1. The van der Waals surface area contributed by atoms with Gasteiger partial charge in [0.15, 0.2) is 0 Å². The zero-order valence-corrected chi connectivity index (χ0v) is 21.3. The van der Waals surface area contributed by atoms with E-state index in [2.05, 4.69) is 0 Å². The van der Waals surface area contributed by atoms with Crippen LogP contribution in [0.2, 0.25) is 0 Å². The first kappa shape index (κ1) is 43.2. The molecule has 0 fully saturated rings. The quantitative estimate of drug-likeness (QED) is 0.142. The number of likely N-dealkylation sites (N-methyl/N-ethyl adjacent to an activating group) is 1. The molecule has 0 amide bonds. The SMILES string of the molecule is C[N+](C)(C)CC(O)CC(F)(F)C(F)(F)C(F)(F)C(F)(F)C(F)(F)C(F)(F)C(F)(F)C(F)(F)C(F)(F)C(F)(F)C(F)(F)C(F)(F)F. The molecule has 0 saturated carbocycles. The van der Waals surface area contributed by atoms with E-state index in [9.17, 15) is 115 Å². The fraction of sp³-hybridized carbons (Fsp3) is 1.00. The number of halogens is 25. The minimum atomic E-state index is -9.61. The molecule has 0 aliphatic carbocycles. The number of hydrogen-bond donors (Lipinski definition) is 1. The number of quaternary nitrogens is 1. The Balaban J connectivity index is 7.22. The molecular weight excluding hydrogens is 721 g/mol. The molecule has 0 rings (SSSR count). The second kappa shape index (κ2) is 10.8. The summed E-state index contributed by atoms with van der Waals surface area (Å²) in [7, 11) is 2.89. The van der Waals surface area contributed by atoms with E-state index in [0.29, 0.717) is 0 Å². The molecule has 0 spiro atoms. The second-order valence-corrected chi connectivity index (χ2v) is 10.3. The van der Waals surface area contributed by atoms with E-state index in [0.717, 1.165) is 21.1 Å². The third-order valence-electron chi connectivity index (χ3n) is 5.61. The van der Waals surface area contributed by atoms with Gasteiger partial charge in [-0.1, -0.05) is 0 Å². The van der Waals surface area contributed by atoms with E-state index in [4.69, 9.17) is 0 Å². The van der Waals surface area contributed by atoms with Crippen LogP contribution in [0.3, 0.4) is 0 Å². The van der Waals surface area contributed by atoms with Crippen molar-refractivity contribution in [3.05, 3.63) is 0 Å². The lowest BCUT2D eigenvalue weighted by atomic mass is 9.84. The summed E-state index contributed by atoms with van der Waals surface area (Å²) in [6.07, 6.45) is -14.3. The van der Waals surface area contributed by atoms with E-state index in [1.807, 2.05) is 0 Å². The van der Waals surface area contributed by atoms with Crippen LogP contribution in [-0.2, 0) is 0 Å². The first-order valence-electron chi connectivity index (χ1n) is 10.6. The monoisotopic (exact) mass is 736 g/mol. The van der Waals surface area contributed by atoms with Gasteiger partial charge in [0.25, 0.3) is 0 Å². The Morgan fingerprint density at radius 2 is 0.578 bits per heavy atom. The van der Waals surface area contributed by atoms with Gasteiger partial charge in [0, 0.05) is 6.42 Å². The van der Waals surface area contributed by atoms with Gasteiger partial charge in [-0.3, -0.25) is 0 Å². The van der Waals surface area contributed by atoms with Crippen LogP contribution in [0.4, 0.5) is 110 Å². The smallest absolute Gasteiger partial charge is 0.387 e. The predicted molar refractivity (Wildman–Crippen MR) is 94.0 cm³/mol. The Morgan fingerprint density at radius 3 is 0.778 bits per heavy atom. The van der Waals surface area contributed by atoms with Crippen LogP contribution in [0.5, 0.6) is 0 Å². The molecule has 45 heavy (non-hydrogen) atoms. The highest BCUT2D eigenvalue weighted by Gasteiger charge is 2.99. The lowest BCUT2D eigenvalue weighted by molar-refractivity contribution is -0.873. The molecule has 2 nitrogen and oxygen atoms in total. The minimum absolute atomic E-state index is 0.735. The molecule has 0 aliphatic heterocycles. The summed E-state index contributed by atoms with van der Waals surface area (Å²) in [6.45, 7) is -1.19. The van der Waals surface area contributed by atoms with E-state index >= 15 is 0 Å². The lowest BCUT2D eigenvalue weighted by Gasteiger charge is -2.45. The third-order valence-corrected chi connectivity index (χ3v) is 5.61. The topological polar surface area (TPSA) is 20.2 Å². The van der Waals surface area contributed by atoms with Gasteiger partial charge in [-0.05, 0) is 0 Å². The molecule has 0 aromatic rings. The molecule has 272 valence electrons. The first-order chi connectivity index (χ1) is 18.9. The summed E-state index contributed by atoms with van der Waals surface area (Å²) < 4.78 is 335. The summed E-state index contributed by atoms with van der Waals surface area (Å²) in [6, 6.07) is 0. The number of rotatable bonds is 14. The van der Waals surface area contributed by atoms with Gasteiger partial charge >= 0.3 is 71.3 Å². The van der Waals surface area contributed by atoms with Crippen LogP contribution in [0.25, 0.3) is 0 Å². The molecule has 1 N–H and O–H groups in total. The third kappa shape index (κ3) is 5.92. The van der Waals surface area contributed by atoms with Gasteiger partial charge in [-0.15, -0.1) is 0 Å². The summed E-state index contributed by atoms with van der Waals surface area (Å²) in [5.41, 5.74) is 0. The minimum Gasteiger partial charge on any atom is -0.387 e. The molecule has 0 radical (unpaired) electrons. The van der Waals surface area contributed by atoms with E-state index < -0.39 is 94.9 Å². The van der Waals surface area contributed by atoms with Gasteiger partial charge < -0.3 is 9.59 Å². The van der Waals surface area contributed by atoms with Crippen molar-refractivity contribution in [2.24, 2.45) is 0 Å². The van der Waals surface area contributed by atoms with Crippen molar-refractivity contribution in [1.29, 1.82) is 0 Å². The summed E-state index contributed by atoms with van der Waals surface area (Å²) >= 11 is 0. The van der Waals surface area contributed by atoms with Gasteiger partial charge in [-0.2, -0.15) is 110 Å². The van der Waals surface area contributed by atoms with Crippen molar-refractivity contribution in [2.45, 2.75) is 83.8 Å². The van der Waals surface area contributed by atoms with Crippen LogP contribution in [0.1, 0.15) is 6.42 Å². The van der Waals surface area contributed by atoms with E-state index in [-0.39, 0.29) is 0 Å². The van der Waals surface area contributed by atoms with Gasteiger partial charge in [0.2, 0.25) is 0 Å². The average molecular weight is 736 g/mol. The van der Waals surface area contributed by atoms with Crippen molar-refractivity contribution >= 4 is 0 Å². The number of aliphatic hydroxyl groups excluding tert-OH is 1. The Labute approximate surface area is 232 Å². The number of aliphatic hydroxyl groups is 1. The van der Waals surface area contributed by atoms with Crippen molar-refractivity contribution in [3.8, 4) is 0 Å². The maximum Gasteiger partial charge on any atom is 0.460 e. The van der Waals surface area contributed by atoms with Crippen molar-refractivity contribution in [2.75, 3.05) is 27.7 Å². The normalized spacial score (nSPS) is 17.5. The number of alkyl halides is 25. The van der Waals surface area contributed by atoms with Crippen LogP contribution >= 0.6 is 0 Å².